The summed E-state index contributed by atoms with van der Waals surface area (Å²) in [6.07, 6.45) is 4.49. The first-order valence-electron chi connectivity index (χ1n) is 23.9. The zero-order chi connectivity index (χ0) is 44.2. The van der Waals surface area contributed by atoms with Crippen molar-refractivity contribution in [2.24, 2.45) is 11.8 Å². The number of carbonyl (C=O) groups is 4. The number of aliphatic hydroxyl groups is 2. The van der Waals surface area contributed by atoms with Crippen LogP contribution in [0.25, 0.3) is 0 Å². The predicted molar refractivity (Wildman–Crippen MR) is 235 cm³/mol. The molecular formula is C48H66N6O10. The Hall–Kier alpha value is -4.32. The number of para-hydroxylation sites is 2. The molecular weight excluding hydrogens is 821 g/mol. The van der Waals surface area contributed by atoms with Crippen LogP contribution in [-0.4, -0.2) is 181 Å². The first-order valence-corrected chi connectivity index (χ1v) is 23.9. The number of rotatable bonds is 4. The Kier molecular flexibility index (Phi) is 14.3. The number of hydrogen-bond acceptors (Lipinski definition) is 12. The molecule has 0 spiro atoms. The molecule has 6 fully saturated rings. The average molecular weight is 887 g/mol. The van der Waals surface area contributed by atoms with Crippen molar-refractivity contribution >= 4 is 23.6 Å². The minimum atomic E-state index is -0.777. The van der Waals surface area contributed by atoms with Crippen LogP contribution in [0.5, 0.6) is 11.5 Å². The first-order chi connectivity index (χ1) is 31.2. The third kappa shape index (κ3) is 11.0. The summed E-state index contributed by atoms with van der Waals surface area (Å²) in [4.78, 5) is 65.0. The summed E-state index contributed by atoms with van der Waals surface area (Å²) < 4.78 is 25.3. The van der Waals surface area contributed by atoms with E-state index in [1.807, 2.05) is 12.1 Å². The van der Waals surface area contributed by atoms with E-state index in [1.54, 1.807) is 46.2 Å². The van der Waals surface area contributed by atoms with Gasteiger partial charge in [-0.05, 0) is 87.5 Å². The molecule has 4 saturated heterocycles. The monoisotopic (exact) mass is 886 g/mol. The lowest BCUT2D eigenvalue weighted by atomic mass is 9.99. The molecule has 0 unspecified atom stereocenters. The Morgan fingerprint density at radius 1 is 0.531 bits per heavy atom. The summed E-state index contributed by atoms with van der Waals surface area (Å²) in [5.74, 6) is 0.908. The maximum Gasteiger partial charge on any atom is 0.258 e. The number of hydrogen-bond donors (Lipinski definition) is 4. The Morgan fingerprint density at radius 3 is 1.38 bits per heavy atom. The summed E-state index contributed by atoms with van der Waals surface area (Å²) in [6, 6.07) is 12.7. The summed E-state index contributed by atoms with van der Waals surface area (Å²) in [5, 5.41) is 28.1. The van der Waals surface area contributed by atoms with Crippen molar-refractivity contribution in [2.45, 2.75) is 113 Å². The second-order valence-corrected chi connectivity index (χ2v) is 19.1. The van der Waals surface area contributed by atoms with Gasteiger partial charge in [0.05, 0.1) is 48.8 Å². The molecule has 7 aliphatic rings. The highest BCUT2D eigenvalue weighted by Gasteiger charge is 2.41. The van der Waals surface area contributed by atoms with Crippen molar-refractivity contribution in [3.8, 4) is 11.5 Å². The molecule has 0 radical (unpaired) electrons. The van der Waals surface area contributed by atoms with Crippen LogP contribution in [0.1, 0.15) is 84.9 Å². The zero-order valence-electron chi connectivity index (χ0n) is 36.9. The largest absolute Gasteiger partial charge is 0.493 e. The molecule has 4 bridgehead atoms. The maximum absolute atomic E-state index is 14.4. The van der Waals surface area contributed by atoms with Gasteiger partial charge in [-0.3, -0.25) is 29.0 Å². The summed E-state index contributed by atoms with van der Waals surface area (Å²) in [5.41, 5.74) is 0.740. The van der Waals surface area contributed by atoms with Crippen molar-refractivity contribution in [1.29, 1.82) is 0 Å². The number of amides is 4. The Labute approximate surface area is 375 Å². The van der Waals surface area contributed by atoms with Gasteiger partial charge in [0.25, 0.3) is 11.8 Å². The van der Waals surface area contributed by atoms with Crippen molar-refractivity contribution in [2.75, 3.05) is 78.7 Å². The van der Waals surface area contributed by atoms with E-state index in [0.717, 1.165) is 13.1 Å². The highest BCUT2D eigenvalue weighted by molar-refractivity contribution is 6.00. The van der Waals surface area contributed by atoms with Crippen molar-refractivity contribution in [1.82, 2.24) is 30.2 Å². The molecule has 5 heterocycles. The van der Waals surface area contributed by atoms with Gasteiger partial charge in [0, 0.05) is 78.3 Å². The first kappa shape index (κ1) is 44.9. The number of fused-ring (bicyclic) bond motifs is 8. The van der Waals surface area contributed by atoms with E-state index in [-0.39, 0.29) is 62.1 Å². The van der Waals surface area contributed by atoms with Crippen LogP contribution >= 0.6 is 0 Å². The van der Waals surface area contributed by atoms with E-state index in [4.69, 9.17) is 18.9 Å². The number of benzene rings is 2. The van der Waals surface area contributed by atoms with Crippen molar-refractivity contribution in [3.05, 3.63) is 59.7 Å². The third-order valence-electron chi connectivity index (χ3n) is 14.2. The molecule has 16 nitrogen and oxygen atoms in total. The molecule has 348 valence electrons. The molecule has 2 aromatic carbocycles. The van der Waals surface area contributed by atoms with Gasteiger partial charge < -0.3 is 49.6 Å². The van der Waals surface area contributed by atoms with Crippen LogP contribution in [-0.2, 0) is 19.1 Å². The zero-order valence-corrected chi connectivity index (χ0v) is 36.9. The second kappa shape index (κ2) is 20.5. The summed E-state index contributed by atoms with van der Waals surface area (Å²) >= 11 is 0. The second-order valence-electron chi connectivity index (χ2n) is 19.1. The number of aliphatic hydroxyl groups excluding tert-OH is 2. The molecule has 0 aromatic heterocycles. The van der Waals surface area contributed by atoms with Gasteiger partial charge in [-0.15, -0.1) is 0 Å². The van der Waals surface area contributed by atoms with Crippen LogP contribution in [0.3, 0.4) is 0 Å². The predicted octanol–water partition coefficient (Wildman–Crippen LogP) is 2.06. The lowest BCUT2D eigenvalue weighted by Crippen LogP contribution is -2.61. The number of carbonyl (C=O) groups excluding carboxylic acids is 4. The van der Waals surface area contributed by atoms with E-state index < -0.39 is 36.5 Å². The van der Waals surface area contributed by atoms with Crippen molar-refractivity contribution < 1.29 is 48.3 Å². The van der Waals surface area contributed by atoms with E-state index in [9.17, 15) is 29.4 Å². The normalized spacial score (nSPS) is 32.2. The lowest BCUT2D eigenvalue weighted by molar-refractivity contribution is -0.135. The van der Waals surface area contributed by atoms with Gasteiger partial charge >= 0.3 is 0 Å². The number of ether oxygens (including phenoxy) is 4. The highest BCUT2D eigenvalue weighted by Crippen LogP contribution is 2.33. The fourth-order valence-corrected chi connectivity index (χ4v) is 10.1. The van der Waals surface area contributed by atoms with E-state index in [0.29, 0.717) is 112 Å². The molecule has 4 amide bonds. The number of nitrogens with one attached hydrogen (secondary N) is 2. The molecule has 2 saturated carbocycles. The standard InChI is InChI=1S/C48H66N6O10/c55-39-15-13-33-17-23-61-41-7-3-1-5-35(41)47(59)53-21-19-51(27-31-9-10-31)29-37(53)45(57)49-25-43-40(56)16-14-34(64-43)18-24-62-42-8-4-2-6-36(42)48(60)54-22-20-52(28-32-11-12-32)30-38(54)46(58)50-26-44(39)63-33/h1-8,31-34,37-40,43-44,55-56H,9-30H2,(H,49,57)(H,50,58)/t33-,34-,37-,38-,39-,40-,43+,44+/m0/s1. The van der Waals surface area contributed by atoms with Gasteiger partial charge in [0.2, 0.25) is 11.8 Å². The molecule has 64 heavy (non-hydrogen) atoms. The fraction of sp³-hybridized carbons (Fsp3) is 0.667. The van der Waals surface area contributed by atoms with Gasteiger partial charge in [-0.25, -0.2) is 0 Å². The van der Waals surface area contributed by atoms with Gasteiger partial charge in [-0.2, -0.15) is 0 Å². The van der Waals surface area contributed by atoms with Crippen LogP contribution in [0.2, 0.25) is 0 Å². The average Bonchev–Trinajstić information content (AvgIpc) is 4.27. The molecule has 4 N–H and O–H groups in total. The van der Waals surface area contributed by atoms with Crippen LogP contribution in [0, 0.1) is 11.8 Å². The topological polar surface area (TPSA) is 183 Å². The van der Waals surface area contributed by atoms with Crippen LogP contribution in [0.4, 0.5) is 0 Å². The summed E-state index contributed by atoms with van der Waals surface area (Å²) in [6.45, 7) is 5.32. The maximum atomic E-state index is 14.4. The molecule has 2 aliphatic carbocycles. The Bertz CT molecular complexity index is 1830. The van der Waals surface area contributed by atoms with Crippen molar-refractivity contribution in [3.63, 3.8) is 0 Å². The molecule has 8 atom stereocenters. The summed E-state index contributed by atoms with van der Waals surface area (Å²) in [7, 11) is 0. The molecule has 9 rings (SSSR count). The van der Waals surface area contributed by atoms with E-state index >= 15 is 0 Å². The minimum Gasteiger partial charge on any atom is -0.493 e. The Balaban J connectivity index is 0.946. The fourth-order valence-electron chi connectivity index (χ4n) is 10.1. The van der Waals surface area contributed by atoms with Crippen LogP contribution in [0.15, 0.2) is 48.5 Å². The molecule has 5 aliphatic heterocycles. The van der Waals surface area contributed by atoms with E-state index in [2.05, 4.69) is 20.4 Å². The Morgan fingerprint density at radius 2 is 0.953 bits per heavy atom. The molecule has 2 aromatic rings. The number of nitrogens with zero attached hydrogens (tertiary/aromatic N) is 4. The van der Waals surface area contributed by atoms with E-state index in [1.165, 1.54) is 25.7 Å². The number of piperazine rings is 2. The highest BCUT2D eigenvalue weighted by atomic mass is 16.5. The smallest absolute Gasteiger partial charge is 0.258 e. The minimum absolute atomic E-state index is 0.0827. The van der Waals surface area contributed by atoms with Gasteiger partial charge in [-0.1, -0.05) is 24.3 Å². The third-order valence-corrected chi connectivity index (χ3v) is 14.2. The van der Waals surface area contributed by atoms with Crippen LogP contribution < -0.4 is 20.1 Å². The quantitative estimate of drug-likeness (QED) is 0.352. The lowest BCUT2D eigenvalue weighted by Gasteiger charge is -2.41. The van der Waals surface area contributed by atoms with Gasteiger partial charge in [0.1, 0.15) is 35.8 Å². The van der Waals surface area contributed by atoms with Gasteiger partial charge in [0.15, 0.2) is 0 Å². The SMILES string of the molecule is O=C1NC[C@H]2O[C@H](CCOc3ccccc3C(=O)N3CCN(CC4CC4)C[C@H]3C(=O)NC[C@H]3O[C@H](CCOc4ccccc4C(=O)N4CCN(CC5CC5)C[C@@H]14)CC[C@@H]3O)CC[C@@H]2O. The molecule has 16 heteroatoms.